The van der Waals surface area contributed by atoms with Crippen LogP contribution in [0, 0.1) is 6.92 Å². The Morgan fingerprint density at radius 1 is 1.38 bits per heavy atom. The fourth-order valence-corrected chi connectivity index (χ4v) is 4.01. The maximum atomic E-state index is 13.0. The quantitative estimate of drug-likeness (QED) is 0.732. The summed E-state index contributed by atoms with van der Waals surface area (Å²) in [5.74, 6) is 0.736. The van der Waals surface area contributed by atoms with Crippen LogP contribution in [0.2, 0.25) is 0 Å². The number of carbonyl (C=O) groups excluding carboxylic acids is 1. The highest BCUT2D eigenvalue weighted by atomic mass is 32.1. The van der Waals surface area contributed by atoms with Gasteiger partial charge in [0.05, 0.1) is 17.4 Å². The van der Waals surface area contributed by atoms with Crippen molar-refractivity contribution in [1.29, 1.82) is 0 Å². The highest BCUT2D eigenvalue weighted by Gasteiger charge is 2.30. The largest absolute Gasteiger partial charge is 0.322 e. The molecule has 3 aromatic heterocycles. The van der Waals surface area contributed by atoms with Gasteiger partial charge in [-0.2, -0.15) is 5.10 Å². The number of urea groups is 1. The van der Waals surface area contributed by atoms with Crippen molar-refractivity contribution in [3.8, 4) is 11.3 Å². The number of aromatic nitrogens is 4. The van der Waals surface area contributed by atoms with Crippen LogP contribution in [0.25, 0.3) is 11.3 Å². The molecule has 1 fully saturated rings. The SMILES string of the molecule is Cc1cc(-c2ncccc2NC(=O)N2CCCCC2c2ncn[nH]2)cs1. The monoisotopic (exact) mass is 368 g/mol. The van der Waals surface area contributed by atoms with Crippen LogP contribution in [0.3, 0.4) is 0 Å². The van der Waals surface area contributed by atoms with E-state index in [-0.39, 0.29) is 12.1 Å². The van der Waals surface area contributed by atoms with E-state index in [1.165, 1.54) is 11.2 Å². The first-order valence-corrected chi connectivity index (χ1v) is 9.54. The van der Waals surface area contributed by atoms with E-state index in [0.717, 1.165) is 42.0 Å². The van der Waals surface area contributed by atoms with Crippen LogP contribution in [-0.2, 0) is 0 Å². The number of thiophene rings is 1. The van der Waals surface area contributed by atoms with Crippen molar-refractivity contribution < 1.29 is 4.79 Å². The molecule has 26 heavy (non-hydrogen) atoms. The summed E-state index contributed by atoms with van der Waals surface area (Å²) in [7, 11) is 0. The van der Waals surface area contributed by atoms with Crippen molar-refractivity contribution >= 4 is 23.1 Å². The van der Waals surface area contributed by atoms with Crippen molar-refractivity contribution in [2.45, 2.75) is 32.2 Å². The van der Waals surface area contributed by atoms with Crippen molar-refractivity contribution in [2.24, 2.45) is 0 Å². The molecule has 1 unspecified atom stereocenters. The molecule has 3 aromatic rings. The summed E-state index contributed by atoms with van der Waals surface area (Å²) in [6.45, 7) is 2.76. The second-order valence-electron chi connectivity index (χ2n) is 6.35. The fourth-order valence-electron chi connectivity index (χ4n) is 3.33. The summed E-state index contributed by atoms with van der Waals surface area (Å²) < 4.78 is 0. The molecular weight excluding hydrogens is 348 g/mol. The van der Waals surface area contributed by atoms with E-state index in [1.807, 2.05) is 17.0 Å². The molecule has 4 heterocycles. The summed E-state index contributed by atoms with van der Waals surface area (Å²) in [5.41, 5.74) is 2.53. The predicted octanol–water partition coefficient (Wildman–Crippen LogP) is 4.00. The van der Waals surface area contributed by atoms with Crippen LogP contribution in [0.15, 0.2) is 36.1 Å². The topological polar surface area (TPSA) is 86.8 Å². The Labute approximate surface area is 155 Å². The Morgan fingerprint density at radius 2 is 2.31 bits per heavy atom. The number of rotatable bonds is 3. The Kier molecular flexibility index (Phi) is 4.66. The van der Waals surface area contributed by atoms with Gasteiger partial charge in [0.2, 0.25) is 0 Å². The predicted molar refractivity (Wildman–Crippen MR) is 101 cm³/mol. The van der Waals surface area contributed by atoms with E-state index in [9.17, 15) is 4.79 Å². The maximum Gasteiger partial charge on any atom is 0.322 e. The Balaban J connectivity index is 1.58. The van der Waals surface area contributed by atoms with E-state index in [1.54, 1.807) is 17.5 Å². The minimum absolute atomic E-state index is 0.0743. The normalized spacial score (nSPS) is 17.3. The summed E-state index contributed by atoms with van der Waals surface area (Å²) in [6, 6.07) is 5.60. The first-order chi connectivity index (χ1) is 12.7. The smallest absolute Gasteiger partial charge is 0.314 e. The fraction of sp³-hybridized carbons (Fsp3) is 0.333. The van der Waals surface area contributed by atoms with Crippen LogP contribution in [-0.4, -0.2) is 37.6 Å². The number of amides is 2. The number of nitrogens with zero attached hydrogens (tertiary/aromatic N) is 4. The van der Waals surface area contributed by atoms with Gasteiger partial charge in [-0.3, -0.25) is 10.1 Å². The standard InChI is InChI=1S/C18H20N6OS/c1-12-9-13(10-26-12)16-14(5-4-7-19-16)22-18(25)24-8-3-2-6-15(24)17-20-11-21-23-17/h4-5,7,9-11,15H,2-3,6,8H2,1H3,(H,22,25)(H,20,21,23). The van der Waals surface area contributed by atoms with Crippen molar-refractivity contribution in [1.82, 2.24) is 25.1 Å². The lowest BCUT2D eigenvalue weighted by Gasteiger charge is -2.34. The van der Waals surface area contributed by atoms with Crippen LogP contribution in [0.4, 0.5) is 10.5 Å². The summed E-state index contributed by atoms with van der Waals surface area (Å²) >= 11 is 1.67. The Hall–Kier alpha value is -2.74. The second kappa shape index (κ2) is 7.25. The summed E-state index contributed by atoms with van der Waals surface area (Å²) in [6.07, 6.45) is 6.17. The van der Waals surface area contributed by atoms with E-state index >= 15 is 0 Å². The number of aryl methyl sites for hydroxylation is 1. The minimum atomic E-state index is -0.132. The van der Waals surface area contributed by atoms with Crippen molar-refractivity contribution in [2.75, 3.05) is 11.9 Å². The zero-order valence-corrected chi connectivity index (χ0v) is 15.3. The highest BCUT2D eigenvalue weighted by Crippen LogP contribution is 2.32. The summed E-state index contributed by atoms with van der Waals surface area (Å²) in [5, 5.41) is 11.9. The number of anilines is 1. The molecule has 134 valence electrons. The first-order valence-electron chi connectivity index (χ1n) is 8.66. The van der Waals surface area contributed by atoms with Gasteiger partial charge in [0.15, 0.2) is 0 Å². The second-order valence-corrected chi connectivity index (χ2v) is 7.47. The summed E-state index contributed by atoms with van der Waals surface area (Å²) in [4.78, 5) is 24.8. The molecule has 8 heteroatoms. The number of likely N-dealkylation sites (tertiary alicyclic amines) is 1. The molecule has 1 saturated heterocycles. The lowest BCUT2D eigenvalue weighted by atomic mass is 10.0. The molecule has 0 radical (unpaired) electrons. The number of pyridine rings is 1. The third-order valence-corrected chi connectivity index (χ3v) is 5.43. The molecule has 2 N–H and O–H groups in total. The Bertz CT molecular complexity index is 891. The lowest BCUT2D eigenvalue weighted by Crippen LogP contribution is -2.41. The van der Waals surface area contributed by atoms with Crippen molar-refractivity contribution in [3.05, 3.63) is 46.8 Å². The number of nitrogens with one attached hydrogen (secondary N) is 2. The van der Waals surface area contributed by atoms with Crippen LogP contribution < -0.4 is 5.32 Å². The Morgan fingerprint density at radius 3 is 3.08 bits per heavy atom. The number of H-pyrrole nitrogens is 1. The molecule has 0 aliphatic carbocycles. The third-order valence-electron chi connectivity index (χ3n) is 4.57. The van der Waals surface area contributed by atoms with Gasteiger partial charge in [-0.1, -0.05) is 0 Å². The highest BCUT2D eigenvalue weighted by molar-refractivity contribution is 7.10. The van der Waals surface area contributed by atoms with Gasteiger partial charge in [-0.05, 0) is 44.4 Å². The first kappa shape index (κ1) is 16.7. The molecule has 1 aliphatic heterocycles. The van der Waals surface area contributed by atoms with Crippen molar-refractivity contribution in [3.63, 3.8) is 0 Å². The average molecular weight is 368 g/mol. The van der Waals surface area contributed by atoms with Gasteiger partial charge < -0.3 is 10.2 Å². The van der Waals surface area contributed by atoms with Gasteiger partial charge in [0, 0.05) is 28.6 Å². The third kappa shape index (κ3) is 3.32. The molecule has 7 nitrogen and oxygen atoms in total. The number of hydrogen-bond donors (Lipinski definition) is 2. The van der Waals surface area contributed by atoms with E-state index in [2.05, 4.69) is 43.9 Å². The zero-order valence-electron chi connectivity index (χ0n) is 14.5. The molecular formula is C18H20N6OS. The van der Waals surface area contributed by atoms with Crippen LogP contribution >= 0.6 is 11.3 Å². The van der Waals surface area contributed by atoms with Crippen LogP contribution in [0.5, 0.6) is 0 Å². The molecule has 4 rings (SSSR count). The van der Waals surface area contributed by atoms with Gasteiger partial charge in [0.25, 0.3) is 0 Å². The van der Waals surface area contributed by atoms with Gasteiger partial charge in [-0.15, -0.1) is 11.3 Å². The number of aromatic amines is 1. The maximum absolute atomic E-state index is 13.0. The molecule has 1 aliphatic rings. The van der Waals surface area contributed by atoms with Gasteiger partial charge in [0.1, 0.15) is 12.2 Å². The molecule has 2 amide bonds. The van der Waals surface area contributed by atoms with E-state index in [4.69, 9.17) is 0 Å². The van der Waals surface area contributed by atoms with Gasteiger partial charge >= 0.3 is 6.03 Å². The molecule has 1 atom stereocenters. The van der Waals surface area contributed by atoms with Gasteiger partial charge in [-0.25, -0.2) is 9.78 Å². The number of piperidine rings is 1. The van der Waals surface area contributed by atoms with E-state index in [0.29, 0.717) is 6.54 Å². The van der Waals surface area contributed by atoms with E-state index < -0.39 is 0 Å². The number of hydrogen-bond acceptors (Lipinski definition) is 5. The minimum Gasteiger partial charge on any atom is -0.314 e. The molecule has 0 bridgehead atoms. The number of carbonyl (C=O) groups is 1. The lowest BCUT2D eigenvalue weighted by molar-refractivity contribution is 0.159. The molecule has 0 aromatic carbocycles. The molecule has 0 spiro atoms. The van der Waals surface area contributed by atoms with Crippen LogP contribution in [0.1, 0.15) is 36.0 Å². The average Bonchev–Trinajstić information content (AvgIpc) is 3.34. The zero-order chi connectivity index (χ0) is 17.9. The molecule has 0 saturated carbocycles.